The third kappa shape index (κ3) is 5.35. The summed E-state index contributed by atoms with van der Waals surface area (Å²) in [6.07, 6.45) is -0.0687. The Morgan fingerprint density at radius 1 is 1.04 bits per heavy atom. The van der Waals surface area contributed by atoms with Gasteiger partial charge >= 0.3 is 0 Å². The fraction of sp³-hybridized carbons (Fsp3) is 0.300. The summed E-state index contributed by atoms with van der Waals surface area (Å²) in [4.78, 5) is 23.1. The summed E-state index contributed by atoms with van der Waals surface area (Å²) in [6, 6.07) is 14.9. The standard InChI is InChI=1S/C20H24N2O3/c1-13-12-18(25-15(3)17-8-6-5-7-9-17)10-11-19(13)22-20(24)14(2)21-16(4)23/h5-12,14-15H,1-4H3,(H,21,23)(H,22,24)/t14-,15+/m1/s1. The Hall–Kier alpha value is -2.82. The molecule has 0 saturated carbocycles. The van der Waals surface area contributed by atoms with E-state index in [1.165, 1.54) is 6.92 Å². The summed E-state index contributed by atoms with van der Waals surface area (Å²) in [6.45, 7) is 6.92. The Labute approximate surface area is 148 Å². The first kappa shape index (κ1) is 18.5. The maximum Gasteiger partial charge on any atom is 0.246 e. The van der Waals surface area contributed by atoms with Crippen molar-refractivity contribution in [3.05, 3.63) is 59.7 Å². The molecule has 0 fully saturated rings. The maximum atomic E-state index is 12.1. The van der Waals surface area contributed by atoms with Gasteiger partial charge in [0.15, 0.2) is 0 Å². The first-order valence-corrected chi connectivity index (χ1v) is 8.27. The fourth-order valence-electron chi connectivity index (χ4n) is 2.46. The van der Waals surface area contributed by atoms with Crippen LogP contribution in [0.2, 0.25) is 0 Å². The van der Waals surface area contributed by atoms with Gasteiger partial charge in [0.25, 0.3) is 0 Å². The number of nitrogens with one attached hydrogen (secondary N) is 2. The topological polar surface area (TPSA) is 67.4 Å². The molecule has 0 aliphatic carbocycles. The van der Waals surface area contributed by atoms with Gasteiger partial charge in [-0.2, -0.15) is 0 Å². The molecule has 0 bridgehead atoms. The van der Waals surface area contributed by atoms with Crippen LogP contribution < -0.4 is 15.4 Å². The Morgan fingerprint density at radius 3 is 2.32 bits per heavy atom. The van der Waals surface area contributed by atoms with Gasteiger partial charge in [0.2, 0.25) is 11.8 Å². The SMILES string of the molecule is CC(=O)N[C@H](C)C(=O)Nc1ccc(O[C@@H](C)c2ccccc2)cc1C. The number of carbonyl (C=O) groups is 2. The molecule has 2 aromatic rings. The van der Waals surface area contributed by atoms with Crippen LogP contribution in [0.1, 0.15) is 38.0 Å². The van der Waals surface area contributed by atoms with Crippen molar-refractivity contribution in [3.8, 4) is 5.75 Å². The molecule has 5 heteroatoms. The van der Waals surface area contributed by atoms with Crippen molar-refractivity contribution in [2.24, 2.45) is 0 Å². The summed E-state index contributed by atoms with van der Waals surface area (Å²) in [7, 11) is 0. The van der Waals surface area contributed by atoms with Gasteiger partial charge in [-0.1, -0.05) is 30.3 Å². The van der Waals surface area contributed by atoms with Gasteiger partial charge in [-0.25, -0.2) is 0 Å². The normalized spacial score (nSPS) is 12.8. The van der Waals surface area contributed by atoms with Gasteiger partial charge in [-0.3, -0.25) is 9.59 Å². The molecule has 0 aliphatic heterocycles. The number of ether oxygens (including phenoxy) is 1. The number of anilines is 1. The lowest BCUT2D eigenvalue weighted by molar-refractivity contribution is -0.124. The lowest BCUT2D eigenvalue weighted by Gasteiger charge is -2.17. The Morgan fingerprint density at radius 2 is 1.72 bits per heavy atom. The third-order valence-corrected chi connectivity index (χ3v) is 3.85. The molecule has 0 unspecified atom stereocenters. The molecule has 0 saturated heterocycles. The minimum Gasteiger partial charge on any atom is -0.486 e. The van der Waals surface area contributed by atoms with E-state index in [1.807, 2.05) is 56.3 Å². The van der Waals surface area contributed by atoms with Crippen LogP contribution in [0, 0.1) is 6.92 Å². The summed E-state index contributed by atoms with van der Waals surface area (Å²) < 4.78 is 5.97. The Bertz CT molecular complexity index is 744. The Balaban J connectivity index is 2.03. The van der Waals surface area contributed by atoms with E-state index in [4.69, 9.17) is 4.74 Å². The summed E-state index contributed by atoms with van der Waals surface area (Å²) in [5.41, 5.74) is 2.68. The molecule has 0 aromatic heterocycles. The predicted molar refractivity (Wildman–Crippen MR) is 98.6 cm³/mol. The molecule has 0 heterocycles. The first-order chi connectivity index (χ1) is 11.9. The van der Waals surface area contributed by atoms with E-state index in [2.05, 4.69) is 10.6 Å². The minimum atomic E-state index is -0.592. The van der Waals surface area contributed by atoms with E-state index in [9.17, 15) is 9.59 Å². The first-order valence-electron chi connectivity index (χ1n) is 8.27. The van der Waals surface area contributed by atoms with Gasteiger partial charge in [-0.05, 0) is 50.1 Å². The second-order valence-corrected chi connectivity index (χ2v) is 6.06. The smallest absolute Gasteiger partial charge is 0.246 e. The number of hydrogen-bond acceptors (Lipinski definition) is 3. The van der Waals surface area contributed by atoms with E-state index < -0.39 is 6.04 Å². The van der Waals surface area contributed by atoms with Crippen molar-refractivity contribution >= 4 is 17.5 Å². The zero-order valence-electron chi connectivity index (χ0n) is 15.0. The molecular weight excluding hydrogens is 316 g/mol. The second-order valence-electron chi connectivity index (χ2n) is 6.06. The fourth-order valence-corrected chi connectivity index (χ4v) is 2.46. The van der Waals surface area contributed by atoms with E-state index in [0.717, 1.165) is 16.9 Å². The van der Waals surface area contributed by atoms with Crippen LogP contribution in [0.4, 0.5) is 5.69 Å². The maximum absolute atomic E-state index is 12.1. The quantitative estimate of drug-likeness (QED) is 0.844. The van der Waals surface area contributed by atoms with Crippen molar-refractivity contribution in [1.29, 1.82) is 0 Å². The lowest BCUT2D eigenvalue weighted by atomic mass is 10.1. The number of amides is 2. The molecule has 2 aromatic carbocycles. The zero-order chi connectivity index (χ0) is 18.4. The molecule has 25 heavy (non-hydrogen) atoms. The molecule has 0 radical (unpaired) electrons. The second kappa shape index (κ2) is 8.33. The zero-order valence-corrected chi connectivity index (χ0v) is 15.0. The van der Waals surface area contributed by atoms with Crippen LogP contribution >= 0.6 is 0 Å². The lowest BCUT2D eigenvalue weighted by Crippen LogP contribution is -2.40. The average Bonchev–Trinajstić information content (AvgIpc) is 2.57. The average molecular weight is 340 g/mol. The summed E-state index contributed by atoms with van der Waals surface area (Å²) in [5.74, 6) is 0.240. The van der Waals surface area contributed by atoms with Crippen LogP contribution in [0.3, 0.4) is 0 Å². The van der Waals surface area contributed by atoms with Gasteiger partial charge in [-0.15, -0.1) is 0 Å². The van der Waals surface area contributed by atoms with Crippen molar-refractivity contribution < 1.29 is 14.3 Å². The van der Waals surface area contributed by atoms with Gasteiger partial charge in [0.1, 0.15) is 17.9 Å². The van der Waals surface area contributed by atoms with Crippen molar-refractivity contribution in [2.75, 3.05) is 5.32 Å². The van der Waals surface area contributed by atoms with Crippen LogP contribution in [-0.4, -0.2) is 17.9 Å². The van der Waals surface area contributed by atoms with E-state index in [1.54, 1.807) is 13.0 Å². The third-order valence-electron chi connectivity index (χ3n) is 3.85. The highest BCUT2D eigenvalue weighted by Crippen LogP contribution is 2.26. The number of benzene rings is 2. The molecule has 2 N–H and O–H groups in total. The predicted octanol–water partition coefficient (Wildman–Crippen LogP) is 3.60. The number of rotatable bonds is 6. The van der Waals surface area contributed by atoms with Gasteiger partial charge in [0.05, 0.1) is 0 Å². The molecule has 132 valence electrons. The highest BCUT2D eigenvalue weighted by atomic mass is 16.5. The largest absolute Gasteiger partial charge is 0.486 e. The van der Waals surface area contributed by atoms with Crippen LogP contribution in [0.25, 0.3) is 0 Å². The van der Waals surface area contributed by atoms with E-state index in [0.29, 0.717) is 5.69 Å². The molecule has 0 aliphatic rings. The van der Waals surface area contributed by atoms with Crippen molar-refractivity contribution in [3.63, 3.8) is 0 Å². The Kier molecular flexibility index (Phi) is 6.17. The highest BCUT2D eigenvalue weighted by molar-refractivity contribution is 5.97. The minimum absolute atomic E-state index is 0.0687. The molecular formula is C20H24N2O3. The number of hydrogen-bond donors (Lipinski definition) is 2. The number of carbonyl (C=O) groups excluding carboxylic acids is 2. The van der Waals surface area contributed by atoms with Crippen LogP contribution in [0.15, 0.2) is 48.5 Å². The molecule has 5 nitrogen and oxygen atoms in total. The van der Waals surface area contributed by atoms with Crippen molar-refractivity contribution in [1.82, 2.24) is 5.32 Å². The van der Waals surface area contributed by atoms with Crippen molar-refractivity contribution in [2.45, 2.75) is 39.8 Å². The number of aryl methyl sites for hydroxylation is 1. The van der Waals surface area contributed by atoms with Gasteiger partial charge in [0, 0.05) is 12.6 Å². The summed E-state index contributed by atoms with van der Waals surface area (Å²) in [5, 5.41) is 5.38. The summed E-state index contributed by atoms with van der Waals surface area (Å²) >= 11 is 0. The highest BCUT2D eigenvalue weighted by Gasteiger charge is 2.15. The molecule has 2 atom stereocenters. The van der Waals surface area contributed by atoms with Gasteiger partial charge < -0.3 is 15.4 Å². The van der Waals surface area contributed by atoms with Crippen LogP contribution in [0.5, 0.6) is 5.75 Å². The molecule has 0 spiro atoms. The van der Waals surface area contributed by atoms with Crippen LogP contribution in [-0.2, 0) is 9.59 Å². The monoisotopic (exact) mass is 340 g/mol. The molecule has 2 rings (SSSR count). The van der Waals surface area contributed by atoms with E-state index >= 15 is 0 Å². The van der Waals surface area contributed by atoms with E-state index in [-0.39, 0.29) is 17.9 Å². The molecule has 2 amide bonds.